The van der Waals surface area contributed by atoms with E-state index in [0.717, 1.165) is 5.69 Å². The van der Waals surface area contributed by atoms with Crippen LogP contribution in [0.1, 0.15) is 39.5 Å². The molecule has 2 unspecified atom stereocenters. The molecule has 37 heavy (non-hydrogen) atoms. The number of hydrogen-bond acceptors (Lipinski definition) is 6. The molecule has 0 aliphatic carbocycles. The van der Waals surface area contributed by atoms with E-state index in [9.17, 15) is 29.1 Å². The lowest BCUT2D eigenvalue weighted by molar-refractivity contribution is -0.144. The fourth-order valence-electron chi connectivity index (χ4n) is 5.55. The van der Waals surface area contributed by atoms with Gasteiger partial charge in [-0.1, -0.05) is 18.2 Å². The van der Waals surface area contributed by atoms with Crippen molar-refractivity contribution < 1.29 is 29.1 Å². The third-order valence-corrected chi connectivity index (χ3v) is 7.66. The van der Waals surface area contributed by atoms with E-state index in [-0.39, 0.29) is 11.8 Å². The van der Waals surface area contributed by atoms with Crippen LogP contribution in [-0.2, 0) is 19.2 Å². The van der Waals surface area contributed by atoms with Crippen molar-refractivity contribution in [2.24, 2.45) is 0 Å². The number of amides is 5. The van der Waals surface area contributed by atoms with Crippen molar-refractivity contribution in [3.05, 3.63) is 30.3 Å². The summed E-state index contributed by atoms with van der Waals surface area (Å²) in [6, 6.07) is 6.19. The molecule has 0 radical (unpaired) electrons. The molecule has 0 saturated carbocycles. The molecule has 5 amide bonds. The van der Waals surface area contributed by atoms with Gasteiger partial charge in [0.15, 0.2) is 0 Å². The van der Waals surface area contributed by atoms with Gasteiger partial charge in [-0.2, -0.15) is 0 Å². The van der Waals surface area contributed by atoms with Crippen LogP contribution in [0.15, 0.2) is 30.3 Å². The number of urea groups is 1. The molecule has 3 aliphatic rings. The van der Waals surface area contributed by atoms with E-state index in [2.05, 4.69) is 16.0 Å². The maximum Gasteiger partial charge on any atom is 0.328 e. The Hall–Kier alpha value is -3.83. The standard InChI is InChI=1S/C25H34N6O6/c1-16(20(22(34)35)28-21(33)19-9-6-12-30(19)17(2)32)27-24(37)29-13-10-25(11-14-29)23(36)26-15-31(25)18-7-4-3-5-8-18/h3-5,7-8,16,19-20H,6,9-15H2,1-2H3,(H,26,36)(H,27,37)(H,28,33)(H,34,35)/t16?,19-,20?/m0/s1. The van der Waals surface area contributed by atoms with Crippen LogP contribution in [0.4, 0.5) is 10.5 Å². The minimum atomic E-state index is -1.36. The van der Waals surface area contributed by atoms with Gasteiger partial charge in [-0.3, -0.25) is 14.4 Å². The molecule has 0 aromatic heterocycles. The fraction of sp³-hybridized carbons (Fsp3) is 0.560. The van der Waals surface area contributed by atoms with Crippen LogP contribution in [-0.4, -0.2) is 94.6 Å². The lowest BCUT2D eigenvalue weighted by atomic mass is 9.85. The number of anilines is 1. The lowest BCUT2D eigenvalue weighted by Crippen LogP contribution is -2.61. The maximum absolute atomic E-state index is 13.0. The molecule has 3 heterocycles. The smallest absolute Gasteiger partial charge is 0.328 e. The summed E-state index contributed by atoms with van der Waals surface area (Å²) in [4.78, 5) is 67.3. The maximum atomic E-state index is 13.0. The third-order valence-electron chi connectivity index (χ3n) is 7.66. The molecule has 4 rings (SSSR count). The molecule has 3 fully saturated rings. The Morgan fingerprint density at radius 1 is 1.08 bits per heavy atom. The molecule has 1 aromatic carbocycles. The minimum absolute atomic E-state index is 0.0649. The summed E-state index contributed by atoms with van der Waals surface area (Å²) in [5.41, 5.74) is 0.184. The first kappa shape index (κ1) is 26.2. The number of para-hydroxylation sites is 1. The summed E-state index contributed by atoms with van der Waals surface area (Å²) in [5.74, 6) is -2.14. The van der Waals surface area contributed by atoms with Crippen LogP contribution < -0.4 is 20.9 Å². The molecular weight excluding hydrogens is 480 g/mol. The summed E-state index contributed by atoms with van der Waals surface area (Å²) in [6.45, 7) is 4.37. The summed E-state index contributed by atoms with van der Waals surface area (Å²) in [6.07, 6.45) is 1.98. The average molecular weight is 515 g/mol. The number of likely N-dealkylation sites (tertiary alicyclic amines) is 2. The van der Waals surface area contributed by atoms with E-state index >= 15 is 0 Å². The molecule has 4 N–H and O–H groups in total. The van der Waals surface area contributed by atoms with E-state index in [4.69, 9.17) is 0 Å². The van der Waals surface area contributed by atoms with E-state index in [1.165, 1.54) is 18.7 Å². The SMILES string of the molecule is CC(=O)N1CCC[C@H]1C(=O)NC(C(=O)O)C(C)NC(=O)N1CCC2(CC1)C(=O)NCN2c1ccccc1. The molecule has 1 aromatic rings. The molecule has 12 heteroatoms. The number of aliphatic carboxylic acids is 1. The van der Waals surface area contributed by atoms with E-state index in [1.807, 2.05) is 35.2 Å². The second-order valence-corrected chi connectivity index (χ2v) is 9.88. The summed E-state index contributed by atoms with van der Waals surface area (Å²) in [7, 11) is 0. The molecular formula is C25H34N6O6. The molecule has 3 aliphatic heterocycles. The Labute approximate surface area is 215 Å². The van der Waals surface area contributed by atoms with Gasteiger partial charge in [0.2, 0.25) is 17.7 Å². The zero-order valence-corrected chi connectivity index (χ0v) is 21.1. The van der Waals surface area contributed by atoms with Gasteiger partial charge in [0.05, 0.1) is 12.7 Å². The van der Waals surface area contributed by atoms with Crippen LogP contribution in [0.25, 0.3) is 0 Å². The number of nitrogens with one attached hydrogen (secondary N) is 3. The Morgan fingerprint density at radius 2 is 1.76 bits per heavy atom. The first-order chi connectivity index (χ1) is 17.6. The topological polar surface area (TPSA) is 151 Å². The third kappa shape index (κ3) is 5.18. The summed E-state index contributed by atoms with van der Waals surface area (Å²) in [5, 5.41) is 17.8. The average Bonchev–Trinajstić information content (AvgIpc) is 3.49. The lowest BCUT2D eigenvalue weighted by Gasteiger charge is -2.43. The van der Waals surface area contributed by atoms with E-state index in [1.54, 1.807) is 4.90 Å². The number of carboxylic acid groups (broad SMARTS) is 1. The number of carbonyl (C=O) groups excluding carboxylic acids is 4. The zero-order valence-electron chi connectivity index (χ0n) is 21.1. The predicted molar refractivity (Wildman–Crippen MR) is 133 cm³/mol. The van der Waals surface area contributed by atoms with Crippen LogP contribution in [0, 0.1) is 0 Å². The van der Waals surface area contributed by atoms with E-state index < -0.39 is 41.6 Å². The first-order valence-corrected chi connectivity index (χ1v) is 12.6. The Kier molecular flexibility index (Phi) is 7.55. The number of piperidine rings is 1. The number of nitrogens with zero attached hydrogens (tertiary/aromatic N) is 3. The highest BCUT2D eigenvalue weighted by Gasteiger charge is 2.51. The Morgan fingerprint density at radius 3 is 2.38 bits per heavy atom. The van der Waals surface area contributed by atoms with Gasteiger partial charge in [0.25, 0.3) is 0 Å². The van der Waals surface area contributed by atoms with Crippen molar-refractivity contribution in [2.75, 3.05) is 31.2 Å². The molecule has 3 atom stereocenters. The minimum Gasteiger partial charge on any atom is -0.480 e. The Balaban J connectivity index is 1.36. The van der Waals surface area contributed by atoms with Crippen molar-refractivity contribution in [1.29, 1.82) is 0 Å². The van der Waals surface area contributed by atoms with Gasteiger partial charge >= 0.3 is 12.0 Å². The fourth-order valence-corrected chi connectivity index (χ4v) is 5.55. The van der Waals surface area contributed by atoms with Crippen molar-refractivity contribution in [1.82, 2.24) is 25.8 Å². The molecule has 12 nitrogen and oxygen atoms in total. The van der Waals surface area contributed by atoms with Gasteiger partial charge in [-0.15, -0.1) is 0 Å². The molecule has 3 saturated heterocycles. The Bertz CT molecular complexity index is 1060. The number of benzene rings is 1. The highest BCUT2D eigenvalue weighted by molar-refractivity contribution is 5.94. The highest BCUT2D eigenvalue weighted by Crippen LogP contribution is 2.36. The van der Waals surface area contributed by atoms with Gasteiger partial charge in [0.1, 0.15) is 17.6 Å². The number of carbonyl (C=O) groups is 5. The van der Waals surface area contributed by atoms with Gasteiger partial charge < -0.3 is 35.8 Å². The normalized spacial score (nSPS) is 22.4. The van der Waals surface area contributed by atoms with Gasteiger partial charge in [0, 0.05) is 32.2 Å². The second kappa shape index (κ2) is 10.7. The number of hydrogen-bond donors (Lipinski definition) is 4. The van der Waals surface area contributed by atoms with Crippen LogP contribution in [0.3, 0.4) is 0 Å². The highest BCUT2D eigenvalue weighted by atomic mass is 16.4. The van der Waals surface area contributed by atoms with E-state index in [0.29, 0.717) is 52.0 Å². The van der Waals surface area contributed by atoms with Gasteiger partial charge in [-0.25, -0.2) is 9.59 Å². The summed E-state index contributed by atoms with van der Waals surface area (Å²) >= 11 is 0. The summed E-state index contributed by atoms with van der Waals surface area (Å²) < 4.78 is 0. The first-order valence-electron chi connectivity index (χ1n) is 12.6. The predicted octanol–water partition coefficient (Wildman–Crippen LogP) is 0.0933. The molecule has 0 bridgehead atoms. The molecule has 1 spiro atoms. The van der Waals surface area contributed by atoms with Crippen LogP contribution >= 0.6 is 0 Å². The quantitative estimate of drug-likeness (QED) is 0.420. The molecule has 200 valence electrons. The zero-order chi connectivity index (χ0) is 26.7. The van der Waals surface area contributed by atoms with Crippen molar-refractivity contribution in [2.45, 2.75) is 63.2 Å². The van der Waals surface area contributed by atoms with Crippen LogP contribution in [0.2, 0.25) is 0 Å². The van der Waals surface area contributed by atoms with Crippen LogP contribution in [0.5, 0.6) is 0 Å². The number of carboxylic acids is 1. The monoisotopic (exact) mass is 514 g/mol. The van der Waals surface area contributed by atoms with Crippen molar-refractivity contribution in [3.63, 3.8) is 0 Å². The second-order valence-electron chi connectivity index (χ2n) is 9.88. The van der Waals surface area contributed by atoms with Crippen molar-refractivity contribution in [3.8, 4) is 0 Å². The largest absolute Gasteiger partial charge is 0.480 e. The van der Waals surface area contributed by atoms with Crippen molar-refractivity contribution >= 4 is 35.4 Å². The van der Waals surface area contributed by atoms with Gasteiger partial charge in [-0.05, 0) is 44.7 Å². The number of rotatable bonds is 6.